The second-order valence-corrected chi connectivity index (χ2v) is 10.3. The standard InChI is InChI=1S/C31H35NO5/c1-18-9-5-8-12-23(18)29-28(31(34)37-22-10-6-7-11-22)19(2)32-24-15-21(16-25(33)30(24)29)20-13-14-26(35-3)27(17-20)36-4/h5,8-9,12-14,17,21-22,29,32H,6-7,10-11,15-16H2,1-4H3/t21-,29+/m0/s1. The van der Waals surface area contributed by atoms with Gasteiger partial charge in [-0.2, -0.15) is 0 Å². The highest BCUT2D eigenvalue weighted by molar-refractivity contribution is 6.04. The van der Waals surface area contributed by atoms with E-state index < -0.39 is 5.92 Å². The summed E-state index contributed by atoms with van der Waals surface area (Å²) in [6, 6.07) is 13.9. The molecule has 6 heteroatoms. The molecule has 194 valence electrons. The van der Waals surface area contributed by atoms with Crippen LogP contribution in [0, 0.1) is 6.92 Å². The van der Waals surface area contributed by atoms with Gasteiger partial charge in [-0.1, -0.05) is 30.3 Å². The van der Waals surface area contributed by atoms with E-state index in [-0.39, 0.29) is 23.8 Å². The minimum atomic E-state index is -0.440. The molecule has 0 unspecified atom stereocenters. The van der Waals surface area contributed by atoms with Gasteiger partial charge in [0.25, 0.3) is 0 Å². The van der Waals surface area contributed by atoms with Crippen LogP contribution in [0.1, 0.15) is 74.0 Å². The van der Waals surface area contributed by atoms with E-state index >= 15 is 0 Å². The third-order valence-electron chi connectivity index (χ3n) is 8.00. The Kier molecular flexibility index (Phi) is 7.09. The van der Waals surface area contributed by atoms with E-state index in [0.29, 0.717) is 35.5 Å². The molecular weight excluding hydrogens is 466 g/mol. The number of ether oxygens (including phenoxy) is 3. The molecule has 0 spiro atoms. The number of carbonyl (C=O) groups excluding carboxylic acids is 2. The molecule has 2 atom stereocenters. The predicted molar refractivity (Wildman–Crippen MR) is 142 cm³/mol. The minimum absolute atomic E-state index is 0.00383. The van der Waals surface area contributed by atoms with E-state index in [4.69, 9.17) is 14.2 Å². The van der Waals surface area contributed by atoms with Crippen LogP contribution < -0.4 is 14.8 Å². The SMILES string of the molecule is COc1ccc([C@@H]2CC(=O)C3=C(C2)NC(C)=C(C(=O)OC2CCCC2)[C@H]3c2ccccc2C)cc1OC. The molecule has 2 aliphatic carbocycles. The first-order valence-electron chi connectivity index (χ1n) is 13.1. The molecule has 2 aromatic carbocycles. The number of hydrogen-bond acceptors (Lipinski definition) is 6. The van der Waals surface area contributed by atoms with Crippen molar-refractivity contribution >= 4 is 11.8 Å². The molecule has 0 amide bonds. The quantitative estimate of drug-likeness (QED) is 0.500. The number of ketones is 1. The van der Waals surface area contributed by atoms with Gasteiger partial charge in [0.2, 0.25) is 0 Å². The summed E-state index contributed by atoms with van der Waals surface area (Å²) in [5.74, 6) is 0.607. The lowest BCUT2D eigenvalue weighted by Crippen LogP contribution is -2.36. The summed E-state index contributed by atoms with van der Waals surface area (Å²) in [7, 11) is 3.23. The van der Waals surface area contributed by atoms with Gasteiger partial charge < -0.3 is 19.5 Å². The lowest BCUT2D eigenvalue weighted by molar-refractivity contribution is -0.144. The van der Waals surface area contributed by atoms with Crippen LogP contribution in [0.3, 0.4) is 0 Å². The number of carbonyl (C=O) groups is 2. The number of nitrogens with one attached hydrogen (secondary N) is 1. The van der Waals surface area contributed by atoms with Crippen molar-refractivity contribution in [3.8, 4) is 11.5 Å². The van der Waals surface area contributed by atoms with Crippen molar-refractivity contribution in [2.24, 2.45) is 0 Å². The average molecular weight is 502 g/mol. The van der Waals surface area contributed by atoms with Crippen LogP contribution in [-0.4, -0.2) is 32.1 Å². The van der Waals surface area contributed by atoms with Crippen LogP contribution in [0.5, 0.6) is 11.5 Å². The molecule has 1 saturated carbocycles. The number of methoxy groups -OCH3 is 2. The molecule has 0 radical (unpaired) electrons. The van der Waals surface area contributed by atoms with Crippen molar-refractivity contribution in [1.82, 2.24) is 5.32 Å². The molecule has 1 fully saturated rings. The maximum atomic E-state index is 13.9. The van der Waals surface area contributed by atoms with Crippen molar-refractivity contribution in [2.45, 2.75) is 70.3 Å². The number of aryl methyl sites for hydroxylation is 1. The number of esters is 1. The van der Waals surface area contributed by atoms with E-state index in [2.05, 4.69) is 5.32 Å². The highest BCUT2D eigenvalue weighted by atomic mass is 16.5. The van der Waals surface area contributed by atoms with Crippen molar-refractivity contribution in [1.29, 1.82) is 0 Å². The fourth-order valence-corrected chi connectivity index (χ4v) is 6.09. The molecular formula is C31H35NO5. The number of dihydropyridines is 1. The molecule has 5 rings (SSSR count). The summed E-state index contributed by atoms with van der Waals surface area (Å²) in [5, 5.41) is 3.46. The number of hydrogen-bond donors (Lipinski definition) is 1. The van der Waals surface area contributed by atoms with Crippen molar-refractivity contribution < 1.29 is 23.8 Å². The Hall–Kier alpha value is -3.54. The first kappa shape index (κ1) is 25.1. The highest BCUT2D eigenvalue weighted by Crippen LogP contribution is 2.47. The second kappa shape index (κ2) is 10.4. The summed E-state index contributed by atoms with van der Waals surface area (Å²) in [6.07, 6.45) is 4.96. The largest absolute Gasteiger partial charge is 0.493 e. The Morgan fingerprint density at radius 3 is 2.38 bits per heavy atom. The van der Waals surface area contributed by atoms with E-state index in [0.717, 1.165) is 53.8 Å². The Morgan fingerprint density at radius 1 is 0.946 bits per heavy atom. The van der Waals surface area contributed by atoms with Crippen molar-refractivity contribution in [3.05, 3.63) is 81.7 Å². The summed E-state index contributed by atoms with van der Waals surface area (Å²) in [6.45, 7) is 3.96. The molecule has 1 N–H and O–H groups in total. The van der Waals surface area contributed by atoms with E-state index in [1.807, 2.05) is 56.3 Å². The third-order valence-corrected chi connectivity index (χ3v) is 8.00. The summed E-state index contributed by atoms with van der Waals surface area (Å²) in [4.78, 5) is 27.5. The summed E-state index contributed by atoms with van der Waals surface area (Å²) < 4.78 is 16.9. The van der Waals surface area contributed by atoms with Crippen molar-refractivity contribution in [2.75, 3.05) is 14.2 Å². The smallest absolute Gasteiger partial charge is 0.337 e. The van der Waals surface area contributed by atoms with Gasteiger partial charge in [0.05, 0.1) is 19.8 Å². The maximum absolute atomic E-state index is 13.9. The van der Waals surface area contributed by atoms with Crippen LogP contribution in [0.2, 0.25) is 0 Å². The normalized spacial score (nSPS) is 22.0. The first-order chi connectivity index (χ1) is 17.9. The van der Waals surface area contributed by atoms with Gasteiger partial charge in [-0.25, -0.2) is 4.79 Å². The van der Waals surface area contributed by atoms with Crippen LogP contribution in [-0.2, 0) is 14.3 Å². The van der Waals surface area contributed by atoms with E-state index in [1.54, 1.807) is 14.2 Å². The number of Topliss-reactive ketones (excluding diaryl/α,β-unsaturated/α-hetero) is 1. The number of rotatable bonds is 6. The third kappa shape index (κ3) is 4.77. The Labute approximate surface area is 218 Å². The topological polar surface area (TPSA) is 73.9 Å². The fraction of sp³-hybridized carbons (Fsp3) is 0.419. The maximum Gasteiger partial charge on any atom is 0.337 e. The second-order valence-electron chi connectivity index (χ2n) is 10.3. The summed E-state index contributed by atoms with van der Waals surface area (Å²) in [5.41, 5.74) is 5.95. The lowest BCUT2D eigenvalue weighted by Gasteiger charge is -2.37. The van der Waals surface area contributed by atoms with Crippen molar-refractivity contribution in [3.63, 3.8) is 0 Å². The zero-order valence-corrected chi connectivity index (χ0v) is 22.1. The van der Waals surface area contributed by atoms with Gasteiger partial charge in [0, 0.05) is 29.3 Å². The molecule has 1 aliphatic heterocycles. The van der Waals surface area contributed by atoms with Crippen LogP contribution >= 0.6 is 0 Å². The highest BCUT2D eigenvalue weighted by Gasteiger charge is 2.42. The molecule has 0 saturated heterocycles. The number of allylic oxidation sites excluding steroid dienone is 3. The minimum Gasteiger partial charge on any atom is -0.493 e. The molecule has 3 aliphatic rings. The van der Waals surface area contributed by atoms with Crippen LogP contribution in [0.25, 0.3) is 0 Å². The van der Waals surface area contributed by atoms with Crippen LogP contribution in [0.4, 0.5) is 0 Å². The van der Waals surface area contributed by atoms with Gasteiger partial charge in [-0.15, -0.1) is 0 Å². The molecule has 0 aromatic heterocycles. The van der Waals surface area contributed by atoms with Crippen LogP contribution in [0.15, 0.2) is 65.0 Å². The lowest BCUT2D eigenvalue weighted by atomic mass is 9.71. The van der Waals surface area contributed by atoms with E-state index in [9.17, 15) is 9.59 Å². The molecule has 2 aromatic rings. The predicted octanol–water partition coefficient (Wildman–Crippen LogP) is 5.86. The molecule has 37 heavy (non-hydrogen) atoms. The monoisotopic (exact) mass is 501 g/mol. The van der Waals surface area contributed by atoms with Gasteiger partial charge in [-0.05, 0) is 80.7 Å². The summed E-state index contributed by atoms with van der Waals surface area (Å²) >= 11 is 0. The molecule has 1 heterocycles. The average Bonchev–Trinajstić information content (AvgIpc) is 3.40. The number of benzene rings is 2. The van der Waals surface area contributed by atoms with Gasteiger partial charge in [0.15, 0.2) is 17.3 Å². The first-order valence-corrected chi connectivity index (χ1v) is 13.1. The Bertz CT molecular complexity index is 1280. The fourth-order valence-electron chi connectivity index (χ4n) is 6.09. The van der Waals surface area contributed by atoms with Gasteiger partial charge >= 0.3 is 5.97 Å². The zero-order valence-electron chi connectivity index (χ0n) is 22.1. The molecule has 0 bridgehead atoms. The molecule has 6 nitrogen and oxygen atoms in total. The Morgan fingerprint density at radius 2 is 1.68 bits per heavy atom. The van der Waals surface area contributed by atoms with E-state index in [1.165, 1.54) is 0 Å². The zero-order chi connectivity index (χ0) is 26.1. The van der Waals surface area contributed by atoms with Gasteiger partial charge in [-0.3, -0.25) is 4.79 Å². The Balaban J connectivity index is 1.54. The van der Waals surface area contributed by atoms with Gasteiger partial charge in [0.1, 0.15) is 6.10 Å².